The first-order valence-electron chi connectivity index (χ1n) is 6.58. The van der Waals surface area contributed by atoms with E-state index < -0.39 is 10.0 Å². The van der Waals surface area contributed by atoms with E-state index in [0.717, 1.165) is 17.2 Å². The number of rotatable bonds is 6. The van der Waals surface area contributed by atoms with E-state index in [2.05, 4.69) is 21.5 Å². The zero-order valence-electron chi connectivity index (χ0n) is 12.3. The molecule has 0 amide bonds. The largest absolute Gasteiger partial charge is 0.374 e. The molecule has 0 unspecified atom stereocenters. The molecule has 21 heavy (non-hydrogen) atoms. The molecule has 1 heterocycles. The molecule has 114 valence electrons. The monoisotopic (exact) mass is 325 g/mol. The van der Waals surface area contributed by atoms with Crippen LogP contribution in [0.4, 0.5) is 5.69 Å². The van der Waals surface area contributed by atoms with Crippen LogP contribution in [0.3, 0.4) is 0 Å². The van der Waals surface area contributed by atoms with Gasteiger partial charge in [-0.15, -0.1) is 11.3 Å². The molecule has 7 heteroatoms. The summed E-state index contributed by atoms with van der Waals surface area (Å²) < 4.78 is 25.7. The molecule has 2 aromatic rings. The first-order valence-corrected chi connectivity index (χ1v) is 8.94. The predicted molar refractivity (Wildman–Crippen MR) is 86.5 cm³/mol. The molecule has 0 aliphatic heterocycles. The van der Waals surface area contributed by atoms with E-state index in [1.54, 1.807) is 23.5 Å². The Morgan fingerprint density at radius 2 is 2.00 bits per heavy atom. The molecule has 0 saturated heterocycles. The third-order valence-corrected chi connectivity index (χ3v) is 5.71. The average molecular weight is 325 g/mol. The van der Waals surface area contributed by atoms with Crippen molar-refractivity contribution in [3.63, 3.8) is 0 Å². The van der Waals surface area contributed by atoms with Crippen molar-refractivity contribution in [1.82, 2.24) is 9.71 Å². The van der Waals surface area contributed by atoms with Crippen LogP contribution in [0.5, 0.6) is 0 Å². The van der Waals surface area contributed by atoms with Gasteiger partial charge in [0, 0.05) is 36.8 Å². The highest BCUT2D eigenvalue weighted by Gasteiger charge is 2.14. The molecular weight excluding hydrogens is 306 g/mol. The molecule has 0 bridgehead atoms. The van der Waals surface area contributed by atoms with Crippen molar-refractivity contribution in [3.8, 4) is 0 Å². The Kier molecular flexibility index (Phi) is 4.97. The Hall–Kier alpha value is -1.44. The number of sulfonamides is 1. The van der Waals surface area contributed by atoms with Gasteiger partial charge in [-0.1, -0.05) is 6.92 Å². The highest BCUT2D eigenvalue weighted by atomic mass is 32.2. The molecule has 1 atom stereocenters. The molecule has 0 aliphatic carbocycles. The maximum absolute atomic E-state index is 11.7. The van der Waals surface area contributed by atoms with Crippen LogP contribution in [0.15, 0.2) is 40.7 Å². The first kappa shape index (κ1) is 15.9. The molecular formula is C14H19N3O2S2. The summed E-state index contributed by atoms with van der Waals surface area (Å²) in [5, 5.41) is 3.08. The van der Waals surface area contributed by atoms with Gasteiger partial charge in [-0.3, -0.25) is 0 Å². The standard InChI is InChI=1S/C14H19N3O2S2/c1-11(14-16-8-9-20-14)10-17(3)12-4-6-13(7-5-12)21(18,19)15-2/h4-9,11,15H,10H2,1-3H3/t11-/m0/s1. The lowest BCUT2D eigenvalue weighted by atomic mass is 10.1. The van der Waals surface area contributed by atoms with Crippen LogP contribution in [0.1, 0.15) is 17.8 Å². The molecule has 1 aromatic heterocycles. The van der Waals surface area contributed by atoms with E-state index in [4.69, 9.17) is 0 Å². The quantitative estimate of drug-likeness (QED) is 0.885. The molecule has 0 spiro atoms. The van der Waals surface area contributed by atoms with Crippen molar-refractivity contribution < 1.29 is 8.42 Å². The van der Waals surface area contributed by atoms with Crippen LogP contribution in [0.25, 0.3) is 0 Å². The lowest BCUT2D eigenvalue weighted by Gasteiger charge is -2.22. The Morgan fingerprint density at radius 1 is 1.33 bits per heavy atom. The van der Waals surface area contributed by atoms with Crippen molar-refractivity contribution in [2.24, 2.45) is 0 Å². The van der Waals surface area contributed by atoms with Crippen LogP contribution >= 0.6 is 11.3 Å². The van der Waals surface area contributed by atoms with E-state index in [1.165, 1.54) is 7.05 Å². The van der Waals surface area contributed by atoms with Crippen molar-refractivity contribution >= 4 is 27.0 Å². The molecule has 0 fully saturated rings. The minimum atomic E-state index is -3.38. The Labute approximate surface area is 129 Å². The van der Waals surface area contributed by atoms with Crippen LogP contribution in [0, 0.1) is 0 Å². The van der Waals surface area contributed by atoms with Crippen LogP contribution in [-0.4, -0.2) is 34.0 Å². The Balaban J connectivity index is 2.08. The van der Waals surface area contributed by atoms with Crippen LogP contribution in [0.2, 0.25) is 0 Å². The fourth-order valence-electron chi connectivity index (χ4n) is 2.07. The fourth-order valence-corrected chi connectivity index (χ4v) is 3.49. The third kappa shape index (κ3) is 3.81. The molecule has 1 aromatic carbocycles. The van der Waals surface area contributed by atoms with Crippen LogP contribution in [-0.2, 0) is 10.0 Å². The number of anilines is 1. The summed E-state index contributed by atoms with van der Waals surface area (Å²) in [6.07, 6.45) is 1.81. The molecule has 1 N–H and O–H groups in total. The van der Waals surface area contributed by atoms with Crippen molar-refractivity contribution in [2.75, 3.05) is 25.5 Å². The second-order valence-electron chi connectivity index (χ2n) is 4.85. The highest BCUT2D eigenvalue weighted by molar-refractivity contribution is 7.89. The minimum absolute atomic E-state index is 0.273. The van der Waals surface area contributed by atoms with Crippen molar-refractivity contribution in [3.05, 3.63) is 40.8 Å². The van der Waals surface area contributed by atoms with Gasteiger partial charge in [0.1, 0.15) is 0 Å². The lowest BCUT2D eigenvalue weighted by Crippen LogP contribution is -2.23. The highest BCUT2D eigenvalue weighted by Crippen LogP contribution is 2.22. The Morgan fingerprint density at radius 3 is 2.52 bits per heavy atom. The van der Waals surface area contributed by atoms with Gasteiger partial charge >= 0.3 is 0 Å². The topological polar surface area (TPSA) is 62.3 Å². The van der Waals surface area contributed by atoms with Gasteiger partial charge in [0.25, 0.3) is 0 Å². The summed E-state index contributed by atoms with van der Waals surface area (Å²) in [5.41, 5.74) is 0.980. The molecule has 0 saturated carbocycles. The van der Waals surface area contributed by atoms with Crippen LogP contribution < -0.4 is 9.62 Å². The summed E-state index contributed by atoms with van der Waals surface area (Å²) in [7, 11) is 0.0235. The lowest BCUT2D eigenvalue weighted by molar-refractivity contribution is 0.588. The second-order valence-corrected chi connectivity index (χ2v) is 7.67. The van der Waals surface area contributed by atoms with Gasteiger partial charge in [-0.25, -0.2) is 18.1 Å². The van der Waals surface area contributed by atoms with E-state index in [1.807, 2.05) is 30.8 Å². The molecule has 2 rings (SSSR count). The van der Waals surface area contributed by atoms with Gasteiger partial charge in [-0.2, -0.15) is 0 Å². The SMILES string of the molecule is CNS(=O)(=O)c1ccc(N(C)C[C@H](C)c2nccs2)cc1. The van der Waals surface area contributed by atoms with Gasteiger partial charge < -0.3 is 4.90 Å². The van der Waals surface area contributed by atoms with Crippen molar-refractivity contribution in [2.45, 2.75) is 17.7 Å². The molecule has 0 aliphatic rings. The van der Waals surface area contributed by atoms with Gasteiger partial charge in [-0.05, 0) is 31.3 Å². The normalized spacial score (nSPS) is 13.1. The summed E-state index contributed by atoms with van der Waals surface area (Å²) in [6.45, 7) is 2.96. The molecule has 5 nitrogen and oxygen atoms in total. The number of nitrogens with zero attached hydrogens (tertiary/aromatic N) is 2. The maximum atomic E-state index is 11.7. The van der Waals surface area contributed by atoms with Crippen molar-refractivity contribution in [1.29, 1.82) is 0 Å². The number of benzene rings is 1. The van der Waals surface area contributed by atoms with Gasteiger partial charge in [0.05, 0.1) is 9.90 Å². The molecule has 0 radical (unpaired) electrons. The smallest absolute Gasteiger partial charge is 0.240 e. The summed E-state index contributed by atoms with van der Waals surface area (Å²) >= 11 is 1.65. The zero-order valence-corrected chi connectivity index (χ0v) is 13.9. The first-order chi connectivity index (χ1) is 9.94. The summed E-state index contributed by atoms with van der Waals surface area (Å²) in [6, 6.07) is 6.87. The minimum Gasteiger partial charge on any atom is -0.374 e. The Bertz CT molecular complexity index is 667. The van der Waals surface area contributed by atoms with E-state index in [0.29, 0.717) is 5.92 Å². The predicted octanol–water partition coefficient (Wildman–Crippen LogP) is 2.29. The second kappa shape index (κ2) is 6.55. The summed E-state index contributed by atoms with van der Waals surface area (Å²) in [4.78, 5) is 6.70. The maximum Gasteiger partial charge on any atom is 0.240 e. The van der Waals surface area contributed by atoms with E-state index >= 15 is 0 Å². The average Bonchev–Trinajstić information content (AvgIpc) is 3.01. The summed E-state index contributed by atoms with van der Waals surface area (Å²) in [5.74, 6) is 0.329. The number of hydrogen-bond donors (Lipinski definition) is 1. The number of aromatic nitrogens is 1. The van der Waals surface area contributed by atoms with Gasteiger partial charge in [0.2, 0.25) is 10.0 Å². The third-order valence-electron chi connectivity index (χ3n) is 3.28. The number of thiazole rings is 1. The van der Waals surface area contributed by atoms with Gasteiger partial charge in [0.15, 0.2) is 0 Å². The number of hydrogen-bond acceptors (Lipinski definition) is 5. The number of nitrogens with one attached hydrogen (secondary N) is 1. The van der Waals surface area contributed by atoms with E-state index in [-0.39, 0.29) is 4.90 Å². The number of likely N-dealkylation sites (N-methyl/N-ethyl adjacent to an activating group) is 1. The van der Waals surface area contributed by atoms with E-state index in [9.17, 15) is 8.42 Å². The fraction of sp³-hybridized carbons (Fsp3) is 0.357. The zero-order chi connectivity index (χ0) is 15.5.